The minimum atomic E-state index is -0.174. The molecule has 4 aromatic rings. The van der Waals surface area contributed by atoms with E-state index in [0.717, 1.165) is 11.1 Å². The average molecular weight is 484 g/mol. The van der Waals surface area contributed by atoms with Gasteiger partial charge in [0.1, 0.15) is 0 Å². The molecule has 0 aliphatic carbocycles. The standard InChI is InChI=1S/C24H19Cl2N3O2S/c25-18-8-5-6-16(12-18)14-29-23(31)19-9-2-4-11-21(19)28-24(29)32-15-22(30)27-13-17-7-1-3-10-20(17)26/h1-12H,13-15H2,(H,27,30). The highest BCUT2D eigenvalue weighted by molar-refractivity contribution is 7.99. The summed E-state index contributed by atoms with van der Waals surface area (Å²) in [5.41, 5.74) is 2.16. The number of fused-ring (bicyclic) bond motifs is 1. The predicted molar refractivity (Wildman–Crippen MR) is 131 cm³/mol. The van der Waals surface area contributed by atoms with Crippen molar-refractivity contribution >= 4 is 51.8 Å². The summed E-state index contributed by atoms with van der Waals surface area (Å²) in [6.45, 7) is 0.639. The van der Waals surface area contributed by atoms with E-state index in [1.54, 1.807) is 28.8 Å². The number of para-hydroxylation sites is 1. The molecule has 1 aromatic heterocycles. The largest absolute Gasteiger partial charge is 0.351 e. The lowest BCUT2D eigenvalue weighted by molar-refractivity contribution is -0.118. The van der Waals surface area contributed by atoms with E-state index in [1.165, 1.54) is 11.8 Å². The van der Waals surface area contributed by atoms with Crippen molar-refractivity contribution < 1.29 is 4.79 Å². The molecule has 1 heterocycles. The first-order chi connectivity index (χ1) is 15.5. The molecule has 0 spiro atoms. The van der Waals surface area contributed by atoms with Crippen LogP contribution in [0.3, 0.4) is 0 Å². The number of amides is 1. The fourth-order valence-corrected chi connectivity index (χ4v) is 4.48. The zero-order valence-corrected chi connectivity index (χ0v) is 19.3. The molecule has 0 saturated carbocycles. The van der Waals surface area contributed by atoms with Gasteiger partial charge in [-0.2, -0.15) is 0 Å². The summed E-state index contributed by atoms with van der Waals surface area (Å²) < 4.78 is 1.58. The number of halogens is 2. The maximum absolute atomic E-state index is 13.2. The molecule has 0 radical (unpaired) electrons. The highest BCUT2D eigenvalue weighted by atomic mass is 35.5. The van der Waals surface area contributed by atoms with E-state index in [2.05, 4.69) is 10.3 Å². The number of thioether (sulfide) groups is 1. The molecule has 1 N–H and O–H groups in total. The maximum atomic E-state index is 13.2. The fourth-order valence-electron chi connectivity index (χ4n) is 3.23. The number of aromatic nitrogens is 2. The van der Waals surface area contributed by atoms with Crippen molar-refractivity contribution in [2.45, 2.75) is 18.2 Å². The van der Waals surface area contributed by atoms with Gasteiger partial charge in [0.05, 0.1) is 23.2 Å². The van der Waals surface area contributed by atoms with Gasteiger partial charge < -0.3 is 5.32 Å². The summed E-state index contributed by atoms with van der Waals surface area (Å²) in [6, 6.07) is 21.9. The van der Waals surface area contributed by atoms with E-state index in [4.69, 9.17) is 23.2 Å². The van der Waals surface area contributed by atoms with E-state index >= 15 is 0 Å². The summed E-state index contributed by atoms with van der Waals surface area (Å²) in [7, 11) is 0. The van der Waals surface area contributed by atoms with Crippen LogP contribution in [0.15, 0.2) is 82.7 Å². The highest BCUT2D eigenvalue weighted by Crippen LogP contribution is 2.20. The first-order valence-electron chi connectivity index (χ1n) is 9.88. The van der Waals surface area contributed by atoms with Crippen LogP contribution in [0.2, 0.25) is 10.0 Å². The molecule has 4 rings (SSSR count). The van der Waals surface area contributed by atoms with Crippen LogP contribution in [0, 0.1) is 0 Å². The van der Waals surface area contributed by atoms with Crippen molar-refractivity contribution in [3.05, 3.63) is 104 Å². The number of carbonyl (C=O) groups excluding carboxylic acids is 1. The van der Waals surface area contributed by atoms with Gasteiger partial charge in [-0.25, -0.2) is 4.98 Å². The summed E-state index contributed by atoms with van der Waals surface area (Å²) in [4.78, 5) is 30.3. The van der Waals surface area contributed by atoms with Crippen molar-refractivity contribution in [2.24, 2.45) is 0 Å². The molecular weight excluding hydrogens is 465 g/mol. The lowest BCUT2D eigenvalue weighted by atomic mass is 10.2. The SMILES string of the molecule is O=C(CSc1nc2ccccc2c(=O)n1Cc1cccc(Cl)c1)NCc1ccccc1Cl. The molecule has 1 amide bonds. The Morgan fingerprint density at radius 3 is 2.59 bits per heavy atom. The molecule has 0 aliphatic heterocycles. The number of hydrogen-bond acceptors (Lipinski definition) is 4. The zero-order valence-electron chi connectivity index (χ0n) is 16.9. The molecule has 0 saturated heterocycles. The van der Waals surface area contributed by atoms with Crippen LogP contribution in [0.5, 0.6) is 0 Å². The van der Waals surface area contributed by atoms with Crippen LogP contribution >= 0.6 is 35.0 Å². The molecule has 0 fully saturated rings. The van der Waals surface area contributed by atoms with Gasteiger partial charge >= 0.3 is 0 Å². The van der Waals surface area contributed by atoms with Gasteiger partial charge in [-0.05, 0) is 41.5 Å². The molecule has 32 heavy (non-hydrogen) atoms. The molecule has 5 nitrogen and oxygen atoms in total. The normalized spacial score (nSPS) is 10.9. The summed E-state index contributed by atoms with van der Waals surface area (Å²) in [6.07, 6.45) is 0. The number of nitrogens with zero attached hydrogens (tertiary/aromatic N) is 2. The van der Waals surface area contributed by atoms with E-state index in [1.807, 2.05) is 48.5 Å². The van der Waals surface area contributed by atoms with Crippen LogP contribution in [-0.2, 0) is 17.9 Å². The Hall–Kier alpha value is -2.80. The van der Waals surface area contributed by atoms with Gasteiger partial charge in [-0.3, -0.25) is 14.2 Å². The topological polar surface area (TPSA) is 64.0 Å². The zero-order chi connectivity index (χ0) is 22.5. The summed E-state index contributed by atoms with van der Waals surface area (Å²) in [5, 5.41) is 5.06. The van der Waals surface area contributed by atoms with Gasteiger partial charge in [0.15, 0.2) is 5.16 Å². The van der Waals surface area contributed by atoms with Crippen molar-refractivity contribution in [1.82, 2.24) is 14.9 Å². The monoisotopic (exact) mass is 483 g/mol. The van der Waals surface area contributed by atoms with Crippen LogP contribution in [0.1, 0.15) is 11.1 Å². The third-order valence-corrected chi connectivity index (χ3v) is 6.40. The lowest BCUT2D eigenvalue weighted by Crippen LogP contribution is -2.27. The maximum Gasteiger partial charge on any atom is 0.262 e. The lowest BCUT2D eigenvalue weighted by Gasteiger charge is -2.13. The Morgan fingerprint density at radius 2 is 1.78 bits per heavy atom. The fraction of sp³-hybridized carbons (Fsp3) is 0.125. The van der Waals surface area contributed by atoms with Gasteiger partial charge in [-0.1, -0.05) is 77.4 Å². The third-order valence-electron chi connectivity index (χ3n) is 4.82. The quantitative estimate of drug-likeness (QED) is 0.291. The van der Waals surface area contributed by atoms with E-state index < -0.39 is 0 Å². The van der Waals surface area contributed by atoms with Crippen molar-refractivity contribution in [3.63, 3.8) is 0 Å². The minimum Gasteiger partial charge on any atom is -0.351 e. The predicted octanol–water partition coefficient (Wildman–Crippen LogP) is 5.16. The van der Waals surface area contributed by atoms with Crippen LogP contribution in [-0.4, -0.2) is 21.2 Å². The Bertz CT molecular complexity index is 1340. The Kier molecular flexibility index (Phi) is 7.15. The smallest absolute Gasteiger partial charge is 0.262 e. The van der Waals surface area contributed by atoms with Gasteiger partial charge in [0.2, 0.25) is 5.91 Å². The highest BCUT2D eigenvalue weighted by Gasteiger charge is 2.14. The first-order valence-corrected chi connectivity index (χ1v) is 11.6. The van der Waals surface area contributed by atoms with Gasteiger partial charge in [-0.15, -0.1) is 0 Å². The number of hydrogen-bond donors (Lipinski definition) is 1. The van der Waals surface area contributed by atoms with E-state index in [9.17, 15) is 9.59 Å². The Labute approximate surface area is 199 Å². The molecular formula is C24H19Cl2N3O2S. The third kappa shape index (κ3) is 5.33. The molecule has 8 heteroatoms. The average Bonchev–Trinajstić information content (AvgIpc) is 2.79. The molecule has 162 valence electrons. The molecule has 3 aromatic carbocycles. The molecule has 0 unspecified atom stereocenters. The Balaban J connectivity index is 1.56. The number of rotatable bonds is 7. The van der Waals surface area contributed by atoms with Crippen LogP contribution in [0.4, 0.5) is 0 Å². The first kappa shape index (κ1) is 22.4. The number of benzene rings is 3. The van der Waals surface area contributed by atoms with Crippen LogP contribution < -0.4 is 10.9 Å². The summed E-state index contributed by atoms with van der Waals surface area (Å²) >= 11 is 13.5. The molecule has 0 aliphatic rings. The second-order valence-corrected chi connectivity index (χ2v) is 8.88. The molecule has 0 atom stereocenters. The van der Waals surface area contributed by atoms with Gasteiger partial charge in [0, 0.05) is 16.6 Å². The van der Waals surface area contributed by atoms with E-state index in [0.29, 0.717) is 39.2 Å². The number of nitrogens with one attached hydrogen (secondary N) is 1. The second kappa shape index (κ2) is 10.2. The van der Waals surface area contributed by atoms with E-state index in [-0.39, 0.29) is 17.2 Å². The van der Waals surface area contributed by atoms with Crippen molar-refractivity contribution in [3.8, 4) is 0 Å². The molecule has 0 bridgehead atoms. The minimum absolute atomic E-state index is 0.116. The summed E-state index contributed by atoms with van der Waals surface area (Å²) in [5.74, 6) is -0.0586. The Morgan fingerprint density at radius 1 is 1.00 bits per heavy atom. The van der Waals surface area contributed by atoms with Gasteiger partial charge in [0.25, 0.3) is 5.56 Å². The number of carbonyl (C=O) groups is 1. The second-order valence-electron chi connectivity index (χ2n) is 7.09. The van der Waals surface area contributed by atoms with Crippen molar-refractivity contribution in [1.29, 1.82) is 0 Å². The van der Waals surface area contributed by atoms with Crippen molar-refractivity contribution in [2.75, 3.05) is 5.75 Å². The van der Waals surface area contributed by atoms with Crippen LogP contribution in [0.25, 0.3) is 10.9 Å².